The summed E-state index contributed by atoms with van der Waals surface area (Å²) in [6.07, 6.45) is 0. The van der Waals surface area contributed by atoms with E-state index >= 15 is 0 Å². The number of benzene rings is 2. The van der Waals surface area contributed by atoms with Crippen molar-refractivity contribution in [1.29, 1.82) is 5.26 Å². The molecule has 0 saturated carbocycles. The quantitative estimate of drug-likeness (QED) is 0.895. The maximum atomic E-state index is 9.09. The predicted molar refractivity (Wildman–Crippen MR) is 68.3 cm³/mol. The van der Waals surface area contributed by atoms with E-state index < -0.39 is 0 Å². The summed E-state index contributed by atoms with van der Waals surface area (Å²) in [4.78, 5) is 0. The highest BCUT2D eigenvalue weighted by Crippen LogP contribution is 2.24. The minimum Gasteiger partial charge on any atom is -0.457 e. The van der Waals surface area contributed by atoms with Gasteiger partial charge in [0, 0.05) is 0 Å². The van der Waals surface area contributed by atoms with Gasteiger partial charge in [-0.1, -0.05) is 12.1 Å². The number of hydrogen-bond acceptors (Lipinski definition) is 3. The van der Waals surface area contributed by atoms with Crippen LogP contribution in [0.2, 0.25) is 0 Å². The Hall–Kier alpha value is -2.31. The maximum Gasteiger partial charge on any atom is 0.128 e. The van der Waals surface area contributed by atoms with Crippen LogP contribution in [-0.2, 0) is 6.61 Å². The third kappa shape index (κ3) is 2.68. The monoisotopic (exact) mass is 239 g/mol. The van der Waals surface area contributed by atoms with Crippen molar-refractivity contribution in [1.82, 2.24) is 0 Å². The van der Waals surface area contributed by atoms with E-state index in [1.807, 2.05) is 19.1 Å². The van der Waals surface area contributed by atoms with Crippen molar-refractivity contribution < 1.29 is 9.84 Å². The van der Waals surface area contributed by atoms with Crippen molar-refractivity contribution >= 4 is 0 Å². The van der Waals surface area contributed by atoms with E-state index in [9.17, 15) is 0 Å². The van der Waals surface area contributed by atoms with Crippen LogP contribution >= 0.6 is 0 Å². The summed E-state index contributed by atoms with van der Waals surface area (Å²) in [5, 5.41) is 17.9. The molecule has 3 nitrogen and oxygen atoms in total. The number of aryl methyl sites for hydroxylation is 1. The van der Waals surface area contributed by atoms with Crippen molar-refractivity contribution in [3.63, 3.8) is 0 Å². The zero-order valence-corrected chi connectivity index (χ0v) is 10.1. The molecule has 0 unspecified atom stereocenters. The van der Waals surface area contributed by atoms with E-state index in [4.69, 9.17) is 15.1 Å². The molecule has 0 bridgehead atoms. The van der Waals surface area contributed by atoms with Gasteiger partial charge in [0.25, 0.3) is 0 Å². The normalized spacial score (nSPS) is 9.83. The maximum absolute atomic E-state index is 9.09. The minimum absolute atomic E-state index is 0.0238. The number of nitriles is 1. The lowest BCUT2D eigenvalue weighted by Crippen LogP contribution is -1.90. The molecule has 90 valence electrons. The standard InChI is InChI=1S/C15H13NO2/c1-11-7-15(6-5-13(11)10-17)18-14-4-2-3-12(8-14)9-16/h2-8,17H,10H2,1H3. The highest BCUT2D eigenvalue weighted by molar-refractivity contribution is 5.41. The third-order valence-electron chi connectivity index (χ3n) is 2.68. The molecule has 0 aromatic heterocycles. The van der Waals surface area contributed by atoms with E-state index in [1.165, 1.54) is 0 Å². The number of ether oxygens (including phenoxy) is 1. The van der Waals surface area contributed by atoms with Gasteiger partial charge < -0.3 is 9.84 Å². The Kier molecular flexibility index (Phi) is 3.61. The molecular formula is C15H13NO2. The van der Waals surface area contributed by atoms with Gasteiger partial charge in [0.15, 0.2) is 0 Å². The van der Waals surface area contributed by atoms with Crippen LogP contribution < -0.4 is 4.74 Å². The summed E-state index contributed by atoms with van der Waals surface area (Å²) < 4.78 is 5.67. The van der Waals surface area contributed by atoms with Crippen LogP contribution in [-0.4, -0.2) is 5.11 Å². The molecule has 0 aliphatic heterocycles. The van der Waals surface area contributed by atoms with Crippen molar-refractivity contribution in [2.75, 3.05) is 0 Å². The molecule has 0 saturated heterocycles. The van der Waals surface area contributed by atoms with Crippen molar-refractivity contribution in [3.8, 4) is 17.6 Å². The number of aliphatic hydroxyl groups excluding tert-OH is 1. The average Bonchev–Trinajstić information content (AvgIpc) is 2.39. The zero-order chi connectivity index (χ0) is 13.0. The van der Waals surface area contributed by atoms with E-state index in [0.717, 1.165) is 11.1 Å². The number of hydrogen-bond donors (Lipinski definition) is 1. The molecule has 0 aliphatic carbocycles. The van der Waals surface area contributed by atoms with Crippen LogP contribution in [0, 0.1) is 18.3 Å². The van der Waals surface area contributed by atoms with Gasteiger partial charge in [0.05, 0.1) is 18.2 Å². The highest BCUT2D eigenvalue weighted by atomic mass is 16.5. The van der Waals surface area contributed by atoms with E-state index in [1.54, 1.807) is 30.3 Å². The molecule has 0 amide bonds. The zero-order valence-electron chi connectivity index (χ0n) is 10.1. The summed E-state index contributed by atoms with van der Waals surface area (Å²) >= 11 is 0. The van der Waals surface area contributed by atoms with Crippen LogP contribution in [0.15, 0.2) is 42.5 Å². The Morgan fingerprint density at radius 2 is 1.94 bits per heavy atom. The molecule has 0 spiro atoms. The van der Waals surface area contributed by atoms with Gasteiger partial charge in [0.1, 0.15) is 11.5 Å². The second-order valence-electron chi connectivity index (χ2n) is 3.99. The molecule has 0 heterocycles. The van der Waals surface area contributed by atoms with Crippen LogP contribution in [0.4, 0.5) is 0 Å². The molecule has 2 aromatic carbocycles. The lowest BCUT2D eigenvalue weighted by atomic mass is 10.1. The molecular weight excluding hydrogens is 226 g/mol. The molecule has 18 heavy (non-hydrogen) atoms. The fourth-order valence-corrected chi connectivity index (χ4v) is 1.67. The van der Waals surface area contributed by atoms with Crippen molar-refractivity contribution in [2.24, 2.45) is 0 Å². The second kappa shape index (κ2) is 5.35. The summed E-state index contributed by atoms with van der Waals surface area (Å²) in [5.41, 5.74) is 2.43. The SMILES string of the molecule is Cc1cc(Oc2cccc(C#N)c2)ccc1CO. The summed E-state index contributed by atoms with van der Waals surface area (Å²) in [5.74, 6) is 1.32. The first-order valence-electron chi connectivity index (χ1n) is 5.61. The first-order chi connectivity index (χ1) is 8.72. The first kappa shape index (κ1) is 12.2. The Bertz CT molecular complexity index is 600. The summed E-state index contributed by atoms with van der Waals surface area (Å²) in [6, 6.07) is 14.6. The van der Waals surface area contributed by atoms with E-state index in [0.29, 0.717) is 17.1 Å². The fourth-order valence-electron chi connectivity index (χ4n) is 1.67. The van der Waals surface area contributed by atoms with E-state index in [-0.39, 0.29) is 6.61 Å². The Balaban J connectivity index is 2.23. The van der Waals surface area contributed by atoms with Crippen LogP contribution in [0.3, 0.4) is 0 Å². The van der Waals surface area contributed by atoms with Crippen molar-refractivity contribution in [2.45, 2.75) is 13.5 Å². The average molecular weight is 239 g/mol. The van der Waals surface area contributed by atoms with Gasteiger partial charge in [-0.2, -0.15) is 5.26 Å². The lowest BCUT2D eigenvalue weighted by molar-refractivity contribution is 0.281. The molecule has 0 fully saturated rings. The number of rotatable bonds is 3. The van der Waals surface area contributed by atoms with Gasteiger partial charge in [-0.05, 0) is 48.4 Å². The fraction of sp³-hybridized carbons (Fsp3) is 0.133. The van der Waals surface area contributed by atoms with Crippen LogP contribution in [0.5, 0.6) is 11.5 Å². The van der Waals surface area contributed by atoms with Gasteiger partial charge in [0.2, 0.25) is 0 Å². The number of aliphatic hydroxyl groups is 1. The Morgan fingerprint density at radius 3 is 2.61 bits per heavy atom. The minimum atomic E-state index is 0.0238. The molecule has 3 heteroatoms. The molecule has 1 N–H and O–H groups in total. The van der Waals surface area contributed by atoms with Gasteiger partial charge in [-0.3, -0.25) is 0 Å². The topological polar surface area (TPSA) is 53.2 Å². The van der Waals surface area contributed by atoms with Crippen LogP contribution in [0.25, 0.3) is 0 Å². The molecule has 2 aromatic rings. The van der Waals surface area contributed by atoms with Crippen LogP contribution in [0.1, 0.15) is 16.7 Å². The smallest absolute Gasteiger partial charge is 0.128 e. The molecule has 0 radical (unpaired) electrons. The second-order valence-corrected chi connectivity index (χ2v) is 3.99. The Labute approximate surface area is 106 Å². The van der Waals surface area contributed by atoms with Crippen molar-refractivity contribution in [3.05, 3.63) is 59.2 Å². The lowest BCUT2D eigenvalue weighted by Gasteiger charge is -2.08. The van der Waals surface area contributed by atoms with E-state index in [2.05, 4.69) is 6.07 Å². The molecule has 0 atom stereocenters. The summed E-state index contributed by atoms with van der Waals surface area (Å²) in [7, 11) is 0. The number of nitrogens with zero attached hydrogens (tertiary/aromatic N) is 1. The molecule has 0 aliphatic rings. The van der Waals surface area contributed by atoms with Gasteiger partial charge >= 0.3 is 0 Å². The largest absolute Gasteiger partial charge is 0.457 e. The Morgan fingerprint density at radius 1 is 1.17 bits per heavy atom. The third-order valence-corrected chi connectivity index (χ3v) is 2.68. The highest BCUT2D eigenvalue weighted by Gasteiger charge is 2.02. The molecule has 2 rings (SSSR count). The first-order valence-corrected chi connectivity index (χ1v) is 5.61. The van der Waals surface area contributed by atoms with Gasteiger partial charge in [-0.25, -0.2) is 0 Å². The predicted octanol–water partition coefficient (Wildman–Crippen LogP) is 3.15. The summed E-state index contributed by atoms with van der Waals surface area (Å²) in [6.45, 7) is 1.94. The van der Waals surface area contributed by atoms with Gasteiger partial charge in [-0.15, -0.1) is 0 Å².